The van der Waals surface area contributed by atoms with Crippen LogP contribution in [0.15, 0.2) is 34.6 Å². The number of sulfonamides is 1. The number of anilines is 1. The third-order valence-corrected chi connectivity index (χ3v) is 7.45. The molecule has 2 aromatic carbocycles. The van der Waals surface area contributed by atoms with Crippen molar-refractivity contribution in [3.05, 3.63) is 36.7 Å². The third-order valence-electron chi connectivity index (χ3n) is 4.68. The van der Waals surface area contributed by atoms with Gasteiger partial charge in [-0.25, -0.2) is 13.4 Å². The highest BCUT2D eigenvalue weighted by atomic mass is 32.2. The van der Waals surface area contributed by atoms with Gasteiger partial charge in [0.15, 0.2) is 5.16 Å². The number of phenols is 1. The van der Waals surface area contributed by atoms with E-state index < -0.39 is 10.0 Å². The Morgan fingerprint density at radius 3 is 2.85 bits per heavy atom. The summed E-state index contributed by atoms with van der Waals surface area (Å²) in [7, 11) is -3.52. The summed E-state index contributed by atoms with van der Waals surface area (Å²) < 4.78 is 28.5. The normalized spacial score (nSPS) is 15.6. The number of fused-ring (bicyclic) bond motifs is 1. The lowest BCUT2D eigenvalue weighted by molar-refractivity contribution is 0.469. The van der Waals surface area contributed by atoms with Gasteiger partial charge in [0.05, 0.1) is 21.2 Å². The summed E-state index contributed by atoms with van der Waals surface area (Å²) in [4.78, 5) is 4.49. The van der Waals surface area contributed by atoms with Crippen molar-refractivity contribution in [1.82, 2.24) is 15.2 Å². The fourth-order valence-electron chi connectivity index (χ4n) is 3.32. The van der Waals surface area contributed by atoms with E-state index in [4.69, 9.17) is 0 Å². The summed E-state index contributed by atoms with van der Waals surface area (Å²) in [5.74, 6) is 0.00358. The molecule has 0 radical (unpaired) electrons. The molecule has 1 aliphatic carbocycles. The first-order valence-electron chi connectivity index (χ1n) is 8.67. The van der Waals surface area contributed by atoms with E-state index in [-0.39, 0.29) is 11.0 Å². The zero-order valence-electron chi connectivity index (χ0n) is 14.4. The maximum atomic E-state index is 12.9. The second-order valence-corrected chi connectivity index (χ2v) is 9.45. The first kappa shape index (κ1) is 17.9. The van der Waals surface area contributed by atoms with E-state index in [0.717, 1.165) is 31.0 Å². The van der Waals surface area contributed by atoms with Crippen LogP contribution in [0.2, 0.25) is 0 Å². The Kier molecular flexibility index (Phi) is 4.85. The lowest BCUT2D eigenvalue weighted by Crippen LogP contribution is -2.29. The monoisotopic (exact) mass is 402 g/mol. The Hall–Kier alpha value is -2.44. The van der Waals surface area contributed by atoms with Gasteiger partial charge in [0.1, 0.15) is 12.1 Å². The van der Waals surface area contributed by atoms with Crippen LogP contribution >= 0.6 is 11.8 Å². The van der Waals surface area contributed by atoms with E-state index in [1.807, 2.05) is 0 Å². The van der Waals surface area contributed by atoms with E-state index in [2.05, 4.69) is 32.0 Å². The number of phenolic OH excluding ortho intramolecular Hbond substituents is 1. The number of nitrogens with one attached hydrogen (secondary N) is 2. The summed E-state index contributed by atoms with van der Waals surface area (Å²) in [6.45, 7) is 0. The zero-order valence-corrected chi connectivity index (χ0v) is 16.0. The highest BCUT2D eigenvalue weighted by Gasteiger charge is 2.28. The molecule has 1 aromatic heterocycles. The molecule has 0 unspecified atom stereocenters. The number of aromatic nitrogens is 3. The molecule has 0 aliphatic heterocycles. The van der Waals surface area contributed by atoms with Gasteiger partial charge in [0.2, 0.25) is 10.0 Å². The Morgan fingerprint density at radius 2 is 2.11 bits per heavy atom. The van der Waals surface area contributed by atoms with E-state index in [1.165, 1.54) is 6.33 Å². The predicted octanol–water partition coefficient (Wildman–Crippen LogP) is 3.49. The molecular formula is C18H18N4O3S2. The number of H-pyrrole nitrogens is 1. The van der Waals surface area contributed by atoms with Crippen molar-refractivity contribution < 1.29 is 13.5 Å². The molecule has 3 N–H and O–H groups in total. The molecular weight excluding hydrogens is 384 g/mol. The maximum absolute atomic E-state index is 12.9. The average molecular weight is 403 g/mol. The molecule has 4 rings (SSSR count). The average Bonchev–Trinajstić information content (AvgIpc) is 3.19. The van der Waals surface area contributed by atoms with Crippen molar-refractivity contribution in [2.45, 2.75) is 47.4 Å². The third kappa shape index (κ3) is 3.68. The second-order valence-electron chi connectivity index (χ2n) is 6.46. The summed E-state index contributed by atoms with van der Waals surface area (Å²) in [6, 6.07) is 10.7. The smallest absolute Gasteiger partial charge is 0.235 e. The standard InChI is InChI=1S/C18H18N4O3S2/c23-17-14-9-5-4-8-13(14)15(10-16(17)26-18-19-11-20-21-18)22-27(24,25)12-6-2-1-3-7-12/h4,8,10-12,22-23H,1-3,6-7H2,(H,19,20,21). The van der Waals surface area contributed by atoms with Crippen molar-refractivity contribution in [3.63, 3.8) is 0 Å². The van der Waals surface area contributed by atoms with Gasteiger partial charge < -0.3 is 5.11 Å². The number of benzene rings is 1. The molecule has 0 bridgehead atoms. The van der Waals surface area contributed by atoms with Gasteiger partial charge in [-0.05, 0) is 42.8 Å². The van der Waals surface area contributed by atoms with Crippen LogP contribution in [-0.4, -0.2) is 34.0 Å². The minimum atomic E-state index is -3.52. The first-order valence-corrected chi connectivity index (χ1v) is 11.0. The number of rotatable bonds is 5. The van der Waals surface area contributed by atoms with Crippen LogP contribution in [0.5, 0.6) is 5.75 Å². The molecule has 7 nitrogen and oxygen atoms in total. The first-order chi connectivity index (χ1) is 13.0. The van der Waals surface area contributed by atoms with Crippen molar-refractivity contribution in [2.75, 3.05) is 4.72 Å². The molecule has 0 amide bonds. The molecule has 0 atom stereocenters. The molecule has 9 heteroatoms. The van der Waals surface area contributed by atoms with Crippen LogP contribution in [0.25, 0.3) is 10.8 Å². The number of aromatic hydroxyl groups is 1. The van der Waals surface area contributed by atoms with E-state index in [0.29, 0.717) is 39.4 Å². The fraction of sp³-hybridized carbons (Fsp3) is 0.333. The highest BCUT2D eigenvalue weighted by Crippen LogP contribution is 2.41. The lowest BCUT2D eigenvalue weighted by Gasteiger charge is -2.23. The van der Waals surface area contributed by atoms with Crippen LogP contribution in [0.4, 0.5) is 5.69 Å². The Bertz CT molecular complexity index is 1050. The van der Waals surface area contributed by atoms with Crippen molar-refractivity contribution in [3.8, 4) is 5.75 Å². The second kappa shape index (κ2) is 7.29. The van der Waals surface area contributed by atoms with Gasteiger partial charge >= 0.3 is 0 Å². The van der Waals surface area contributed by atoms with Gasteiger partial charge in [0, 0.05) is 5.39 Å². The summed E-state index contributed by atoms with van der Waals surface area (Å²) >= 11 is 1.16. The SMILES string of the molecule is O=S(=O)(Nc1cc(Sc2ncn[nH]2)c(O)c2c#cccc12)C1CCCCC1. The number of hydrogen-bond acceptors (Lipinski definition) is 6. The van der Waals surface area contributed by atoms with Gasteiger partial charge in [-0.3, -0.25) is 9.82 Å². The molecule has 1 saturated carbocycles. The highest BCUT2D eigenvalue weighted by molar-refractivity contribution is 7.99. The molecule has 3 aromatic rings. The van der Waals surface area contributed by atoms with Crippen molar-refractivity contribution in [1.29, 1.82) is 0 Å². The topological polar surface area (TPSA) is 108 Å². The van der Waals surface area contributed by atoms with Gasteiger partial charge in [-0.1, -0.05) is 31.4 Å². The zero-order chi connectivity index (χ0) is 18.9. The van der Waals surface area contributed by atoms with Crippen LogP contribution in [-0.2, 0) is 10.0 Å². The van der Waals surface area contributed by atoms with E-state index >= 15 is 0 Å². The van der Waals surface area contributed by atoms with Crippen molar-refractivity contribution >= 4 is 38.2 Å². The summed E-state index contributed by atoms with van der Waals surface area (Å²) in [5.41, 5.74) is 0.417. The van der Waals surface area contributed by atoms with Gasteiger partial charge in [-0.15, -0.1) is 0 Å². The molecule has 0 saturated heterocycles. The predicted molar refractivity (Wildman–Crippen MR) is 103 cm³/mol. The quantitative estimate of drug-likeness (QED) is 0.564. The Labute approximate surface area is 161 Å². The Balaban J connectivity index is 1.75. The number of nitrogens with zero attached hydrogens (tertiary/aromatic N) is 2. The molecule has 1 aliphatic rings. The number of hydrogen-bond donors (Lipinski definition) is 3. The van der Waals surface area contributed by atoms with Crippen LogP contribution in [0, 0.1) is 12.1 Å². The summed E-state index contributed by atoms with van der Waals surface area (Å²) in [6.07, 6.45) is 5.65. The van der Waals surface area contributed by atoms with E-state index in [1.54, 1.807) is 18.2 Å². The van der Waals surface area contributed by atoms with Gasteiger partial charge in [0.25, 0.3) is 0 Å². The Morgan fingerprint density at radius 1 is 1.30 bits per heavy atom. The van der Waals surface area contributed by atoms with Gasteiger partial charge in [-0.2, -0.15) is 5.10 Å². The van der Waals surface area contributed by atoms with Crippen LogP contribution in [0.1, 0.15) is 32.1 Å². The summed E-state index contributed by atoms with van der Waals surface area (Å²) in [5, 5.41) is 18.2. The van der Waals surface area contributed by atoms with Crippen LogP contribution < -0.4 is 4.72 Å². The molecule has 1 fully saturated rings. The molecule has 1 heterocycles. The molecule has 0 spiro atoms. The lowest BCUT2D eigenvalue weighted by atomic mass is 10.0. The van der Waals surface area contributed by atoms with Crippen molar-refractivity contribution in [2.24, 2.45) is 0 Å². The largest absolute Gasteiger partial charge is 0.505 e. The number of aromatic amines is 1. The minimum Gasteiger partial charge on any atom is -0.505 e. The fourth-order valence-corrected chi connectivity index (χ4v) is 5.70. The molecule has 27 heavy (non-hydrogen) atoms. The minimum absolute atomic E-state index is 0.00358. The van der Waals surface area contributed by atoms with E-state index in [9.17, 15) is 13.5 Å². The van der Waals surface area contributed by atoms with Crippen LogP contribution in [0.3, 0.4) is 0 Å². The molecule has 140 valence electrons. The maximum Gasteiger partial charge on any atom is 0.235 e.